The molecule has 1 aromatic rings. The number of halogens is 2. The van der Waals surface area contributed by atoms with Crippen molar-refractivity contribution in [3.8, 4) is 0 Å². The highest BCUT2D eigenvalue weighted by atomic mass is 79.9. The van der Waals surface area contributed by atoms with Gasteiger partial charge in [0.15, 0.2) is 0 Å². The third-order valence-corrected chi connectivity index (χ3v) is 3.94. The molecular formula is C14H20BrClN4O3. The van der Waals surface area contributed by atoms with Crippen LogP contribution < -0.4 is 5.32 Å². The number of hydrogen-bond acceptors (Lipinski definition) is 5. The summed E-state index contributed by atoms with van der Waals surface area (Å²) in [5.74, 6) is 0.650. The molecule has 1 aliphatic rings. The largest absolute Gasteiger partial charge is 0.465 e. The van der Waals surface area contributed by atoms with Gasteiger partial charge in [-0.3, -0.25) is 0 Å². The maximum Gasteiger partial charge on any atom is 0.407 e. The molecule has 0 bridgehead atoms. The molecule has 0 unspecified atom stereocenters. The molecule has 0 radical (unpaired) electrons. The maximum atomic E-state index is 11.1. The number of alkyl halides is 1. The molecule has 1 amide bonds. The minimum absolute atomic E-state index is 0.107. The summed E-state index contributed by atoms with van der Waals surface area (Å²) in [4.78, 5) is 20.9. The molecule has 0 saturated heterocycles. The molecule has 2 N–H and O–H groups in total. The van der Waals surface area contributed by atoms with E-state index in [-0.39, 0.29) is 17.4 Å². The van der Waals surface area contributed by atoms with Crippen molar-refractivity contribution in [1.82, 2.24) is 14.9 Å². The van der Waals surface area contributed by atoms with Crippen molar-refractivity contribution in [2.75, 3.05) is 30.4 Å². The lowest BCUT2D eigenvalue weighted by Crippen LogP contribution is -2.39. The van der Waals surface area contributed by atoms with Gasteiger partial charge in [0.1, 0.15) is 5.82 Å². The van der Waals surface area contributed by atoms with Gasteiger partial charge >= 0.3 is 6.09 Å². The predicted octanol–water partition coefficient (Wildman–Crippen LogP) is 2.77. The Morgan fingerprint density at radius 3 is 2.91 bits per heavy atom. The van der Waals surface area contributed by atoms with Crippen molar-refractivity contribution < 1.29 is 14.6 Å². The number of nitrogens with one attached hydrogen (secondary N) is 1. The highest BCUT2D eigenvalue weighted by molar-refractivity contribution is 9.09. The zero-order chi connectivity index (χ0) is 17.0. The maximum absolute atomic E-state index is 11.1. The van der Waals surface area contributed by atoms with Crippen LogP contribution in [0.25, 0.3) is 0 Å². The first-order valence-electron chi connectivity index (χ1n) is 7.27. The molecule has 2 heterocycles. The lowest BCUT2D eigenvalue weighted by Gasteiger charge is -2.31. The third kappa shape index (κ3) is 4.92. The van der Waals surface area contributed by atoms with Crippen LogP contribution in [0.2, 0.25) is 5.28 Å². The smallest absolute Gasteiger partial charge is 0.407 e. The summed E-state index contributed by atoms with van der Waals surface area (Å²) in [6, 6.07) is 0. The summed E-state index contributed by atoms with van der Waals surface area (Å²) in [7, 11) is 0. The SMILES string of the molecule is CC(C)(COCCBr)Nc1nc(Cl)nc2c1CCN(C(=O)O)C2. The Kier molecular flexibility index (Phi) is 6.05. The molecule has 128 valence electrons. The highest BCUT2D eigenvalue weighted by Gasteiger charge is 2.27. The Labute approximate surface area is 148 Å². The normalized spacial score (nSPS) is 14.5. The molecule has 2 rings (SSSR count). The Balaban J connectivity index is 2.18. The molecule has 0 aliphatic carbocycles. The fraction of sp³-hybridized carbons (Fsp3) is 0.643. The van der Waals surface area contributed by atoms with Crippen LogP contribution in [0, 0.1) is 0 Å². The zero-order valence-electron chi connectivity index (χ0n) is 13.1. The van der Waals surface area contributed by atoms with Crippen LogP contribution in [-0.2, 0) is 17.7 Å². The molecule has 1 aliphatic heterocycles. The van der Waals surface area contributed by atoms with E-state index in [0.29, 0.717) is 37.7 Å². The number of carbonyl (C=O) groups is 1. The van der Waals surface area contributed by atoms with Crippen LogP contribution in [0.4, 0.5) is 10.6 Å². The Morgan fingerprint density at radius 1 is 1.52 bits per heavy atom. The first-order chi connectivity index (χ1) is 10.8. The van der Waals surface area contributed by atoms with Crippen molar-refractivity contribution in [1.29, 1.82) is 0 Å². The fourth-order valence-electron chi connectivity index (χ4n) is 2.41. The van der Waals surface area contributed by atoms with Crippen molar-refractivity contribution in [3.05, 3.63) is 16.5 Å². The molecule has 7 nitrogen and oxygen atoms in total. The van der Waals surface area contributed by atoms with Gasteiger partial charge in [-0.1, -0.05) is 15.9 Å². The van der Waals surface area contributed by atoms with Crippen molar-refractivity contribution in [2.24, 2.45) is 0 Å². The molecule has 0 saturated carbocycles. The Bertz CT molecular complexity index is 585. The van der Waals surface area contributed by atoms with Gasteiger partial charge in [-0.05, 0) is 31.9 Å². The number of ether oxygens (including phenoxy) is 1. The second-order valence-corrected chi connectivity index (χ2v) is 7.10. The number of amides is 1. The van der Waals surface area contributed by atoms with Gasteiger partial charge < -0.3 is 20.1 Å². The summed E-state index contributed by atoms with van der Waals surface area (Å²) in [5.41, 5.74) is 1.23. The minimum atomic E-state index is -0.955. The molecule has 0 fully saturated rings. The van der Waals surface area contributed by atoms with E-state index in [1.54, 1.807) is 0 Å². The van der Waals surface area contributed by atoms with Crippen molar-refractivity contribution in [2.45, 2.75) is 32.4 Å². The Morgan fingerprint density at radius 2 is 2.26 bits per heavy atom. The zero-order valence-corrected chi connectivity index (χ0v) is 15.4. The van der Waals surface area contributed by atoms with E-state index >= 15 is 0 Å². The number of fused-ring (bicyclic) bond motifs is 1. The second kappa shape index (κ2) is 7.63. The molecule has 0 atom stereocenters. The number of carboxylic acid groups (broad SMARTS) is 1. The summed E-state index contributed by atoms with van der Waals surface area (Å²) in [5, 5.41) is 13.4. The average molecular weight is 408 g/mol. The lowest BCUT2D eigenvalue weighted by molar-refractivity contribution is 0.117. The Hall–Kier alpha value is -1.12. The van der Waals surface area contributed by atoms with Crippen LogP contribution in [0.15, 0.2) is 0 Å². The van der Waals surface area contributed by atoms with Gasteiger partial charge in [0.25, 0.3) is 0 Å². The number of nitrogens with zero attached hydrogens (tertiary/aromatic N) is 3. The summed E-state index contributed by atoms with van der Waals surface area (Å²) in [6.07, 6.45) is -0.400. The third-order valence-electron chi connectivity index (χ3n) is 3.45. The standard InChI is InChI=1S/C14H20BrClN4O3/c1-14(2,8-23-6-4-15)19-11-9-3-5-20(13(21)22)7-10(9)17-12(16)18-11/h3-8H2,1-2H3,(H,21,22)(H,17,18,19). The topological polar surface area (TPSA) is 87.6 Å². The number of anilines is 1. The van der Waals surface area contributed by atoms with E-state index in [0.717, 1.165) is 10.9 Å². The fourth-order valence-corrected chi connectivity index (χ4v) is 2.82. The van der Waals surface area contributed by atoms with E-state index in [2.05, 4.69) is 31.2 Å². The second-order valence-electron chi connectivity index (χ2n) is 5.97. The number of rotatable bonds is 6. The number of aromatic nitrogens is 2. The van der Waals surface area contributed by atoms with E-state index in [4.69, 9.17) is 21.4 Å². The van der Waals surface area contributed by atoms with Gasteiger partial charge in [0.2, 0.25) is 5.28 Å². The monoisotopic (exact) mass is 406 g/mol. The van der Waals surface area contributed by atoms with Crippen LogP contribution >= 0.6 is 27.5 Å². The first kappa shape index (κ1) is 18.2. The lowest BCUT2D eigenvalue weighted by atomic mass is 10.0. The van der Waals surface area contributed by atoms with Crippen LogP contribution in [-0.4, -0.2) is 56.7 Å². The van der Waals surface area contributed by atoms with Crippen LogP contribution in [0.5, 0.6) is 0 Å². The molecule has 1 aromatic heterocycles. The van der Waals surface area contributed by atoms with Gasteiger partial charge in [-0.2, -0.15) is 0 Å². The van der Waals surface area contributed by atoms with Crippen molar-refractivity contribution in [3.63, 3.8) is 0 Å². The minimum Gasteiger partial charge on any atom is -0.465 e. The average Bonchev–Trinajstić information content (AvgIpc) is 2.46. The van der Waals surface area contributed by atoms with Gasteiger partial charge in [-0.15, -0.1) is 0 Å². The highest BCUT2D eigenvalue weighted by Crippen LogP contribution is 2.27. The van der Waals surface area contributed by atoms with E-state index in [1.807, 2.05) is 13.8 Å². The van der Waals surface area contributed by atoms with E-state index in [9.17, 15) is 4.79 Å². The summed E-state index contributed by atoms with van der Waals surface area (Å²) >= 11 is 9.32. The van der Waals surface area contributed by atoms with Crippen LogP contribution in [0.1, 0.15) is 25.1 Å². The predicted molar refractivity (Wildman–Crippen MR) is 91.5 cm³/mol. The molecule has 0 spiro atoms. The summed E-state index contributed by atoms with van der Waals surface area (Å²) < 4.78 is 5.57. The first-order valence-corrected chi connectivity index (χ1v) is 8.77. The van der Waals surface area contributed by atoms with Gasteiger partial charge in [0, 0.05) is 17.4 Å². The summed E-state index contributed by atoms with van der Waals surface area (Å²) in [6.45, 7) is 5.80. The molecule has 23 heavy (non-hydrogen) atoms. The van der Waals surface area contributed by atoms with E-state index in [1.165, 1.54) is 4.90 Å². The van der Waals surface area contributed by atoms with E-state index < -0.39 is 6.09 Å². The van der Waals surface area contributed by atoms with Crippen molar-refractivity contribution >= 4 is 39.4 Å². The molecular weight excluding hydrogens is 388 g/mol. The molecule has 0 aromatic carbocycles. The van der Waals surface area contributed by atoms with Gasteiger partial charge in [-0.25, -0.2) is 14.8 Å². The quantitative estimate of drug-likeness (QED) is 0.428. The van der Waals surface area contributed by atoms with Crippen LogP contribution in [0.3, 0.4) is 0 Å². The van der Waals surface area contributed by atoms with Gasteiger partial charge in [0.05, 0.1) is 31.0 Å². The molecule has 9 heteroatoms. The number of hydrogen-bond donors (Lipinski definition) is 2.